The van der Waals surface area contributed by atoms with Crippen LogP contribution in [0.5, 0.6) is 5.88 Å². The van der Waals surface area contributed by atoms with Crippen molar-refractivity contribution in [2.45, 2.75) is 39.2 Å². The number of hydrogen-bond acceptors (Lipinski definition) is 6. The first-order valence-corrected chi connectivity index (χ1v) is 6.39. The van der Waals surface area contributed by atoms with Crippen LogP contribution >= 0.6 is 0 Å². The first-order chi connectivity index (χ1) is 9.13. The Morgan fingerprint density at radius 2 is 2.21 bits per heavy atom. The third-order valence-electron chi connectivity index (χ3n) is 2.86. The van der Waals surface area contributed by atoms with E-state index in [2.05, 4.69) is 22.2 Å². The van der Waals surface area contributed by atoms with Crippen LogP contribution in [0, 0.1) is 10.1 Å². The van der Waals surface area contributed by atoms with Crippen molar-refractivity contribution < 1.29 is 9.66 Å². The van der Waals surface area contributed by atoms with Gasteiger partial charge in [0.15, 0.2) is 0 Å². The fourth-order valence-corrected chi connectivity index (χ4v) is 1.82. The van der Waals surface area contributed by atoms with E-state index >= 15 is 0 Å². The van der Waals surface area contributed by atoms with E-state index in [0.29, 0.717) is 12.1 Å². The van der Waals surface area contributed by atoms with Gasteiger partial charge in [0.05, 0.1) is 12.0 Å². The Morgan fingerprint density at radius 1 is 1.47 bits per heavy atom. The van der Waals surface area contributed by atoms with Gasteiger partial charge in [0, 0.05) is 12.5 Å². The molecule has 1 heterocycles. The Bertz CT molecular complexity index is 425. The lowest BCUT2D eigenvalue weighted by atomic mass is 10.1. The third-order valence-corrected chi connectivity index (χ3v) is 2.86. The fraction of sp³-hybridized carbons (Fsp3) is 0.667. The van der Waals surface area contributed by atoms with Crippen LogP contribution in [0.4, 0.5) is 5.69 Å². The summed E-state index contributed by atoms with van der Waals surface area (Å²) in [4.78, 5) is 18.4. The maximum absolute atomic E-state index is 11.1. The molecule has 0 aliphatic heterocycles. The van der Waals surface area contributed by atoms with E-state index in [4.69, 9.17) is 4.74 Å². The van der Waals surface area contributed by atoms with Crippen molar-refractivity contribution in [2.75, 3.05) is 13.7 Å². The molecular formula is C12H20N4O3. The zero-order valence-corrected chi connectivity index (χ0v) is 11.5. The lowest BCUT2D eigenvalue weighted by Gasteiger charge is -2.16. The highest BCUT2D eigenvalue weighted by atomic mass is 16.6. The van der Waals surface area contributed by atoms with Gasteiger partial charge in [-0.05, 0) is 19.4 Å². The highest BCUT2D eigenvalue weighted by Gasteiger charge is 2.25. The number of rotatable bonds is 8. The number of methoxy groups -OCH3 is 1. The van der Waals surface area contributed by atoms with Crippen molar-refractivity contribution in [3.05, 3.63) is 22.1 Å². The normalized spacial score (nSPS) is 12.2. The average molecular weight is 268 g/mol. The van der Waals surface area contributed by atoms with Crippen LogP contribution in [0.2, 0.25) is 0 Å². The van der Waals surface area contributed by atoms with E-state index in [-0.39, 0.29) is 17.6 Å². The molecule has 0 saturated carbocycles. The quantitative estimate of drug-likeness (QED) is 0.570. The van der Waals surface area contributed by atoms with Gasteiger partial charge < -0.3 is 10.1 Å². The van der Waals surface area contributed by atoms with Crippen molar-refractivity contribution in [2.24, 2.45) is 0 Å². The summed E-state index contributed by atoms with van der Waals surface area (Å²) in [7, 11) is 1.37. The van der Waals surface area contributed by atoms with Gasteiger partial charge >= 0.3 is 5.69 Å². The molecule has 0 bridgehead atoms. The van der Waals surface area contributed by atoms with E-state index < -0.39 is 4.92 Å². The number of ether oxygens (including phenoxy) is 1. The minimum absolute atomic E-state index is 0.0142. The minimum atomic E-state index is -0.485. The first-order valence-electron chi connectivity index (χ1n) is 6.39. The largest absolute Gasteiger partial charge is 0.476 e. The second kappa shape index (κ2) is 7.63. The van der Waals surface area contributed by atoms with Crippen LogP contribution in [0.25, 0.3) is 0 Å². The maximum Gasteiger partial charge on any atom is 0.352 e. The zero-order chi connectivity index (χ0) is 14.3. The summed E-state index contributed by atoms with van der Waals surface area (Å²) in [5.41, 5.74) is 0.272. The summed E-state index contributed by atoms with van der Waals surface area (Å²) in [6.45, 7) is 5.00. The molecule has 0 aliphatic rings. The Hall–Kier alpha value is -1.76. The molecule has 0 aromatic carbocycles. The molecule has 1 unspecified atom stereocenters. The molecule has 0 saturated heterocycles. The topological polar surface area (TPSA) is 90.2 Å². The SMILES string of the molecule is CCCNC(CC)Cc1ncnc(OC)c1[N+](=O)[O-]. The second-order valence-electron chi connectivity index (χ2n) is 4.20. The van der Waals surface area contributed by atoms with E-state index in [1.54, 1.807) is 0 Å². The molecule has 0 amide bonds. The van der Waals surface area contributed by atoms with Crippen molar-refractivity contribution in [3.8, 4) is 5.88 Å². The van der Waals surface area contributed by atoms with Crippen LogP contribution in [-0.4, -0.2) is 34.6 Å². The Balaban J connectivity index is 2.95. The minimum Gasteiger partial charge on any atom is -0.476 e. The van der Waals surface area contributed by atoms with Gasteiger partial charge in [-0.15, -0.1) is 0 Å². The second-order valence-corrected chi connectivity index (χ2v) is 4.20. The van der Waals surface area contributed by atoms with Crippen molar-refractivity contribution in [1.82, 2.24) is 15.3 Å². The van der Waals surface area contributed by atoms with Crippen molar-refractivity contribution >= 4 is 5.69 Å². The monoisotopic (exact) mass is 268 g/mol. The Morgan fingerprint density at radius 3 is 2.74 bits per heavy atom. The highest BCUT2D eigenvalue weighted by molar-refractivity contribution is 5.44. The molecule has 1 atom stereocenters. The number of aromatic nitrogens is 2. The van der Waals surface area contributed by atoms with Gasteiger partial charge in [0.25, 0.3) is 5.88 Å². The van der Waals surface area contributed by atoms with Crippen LogP contribution in [0.1, 0.15) is 32.4 Å². The average Bonchev–Trinajstić information content (AvgIpc) is 2.42. The van der Waals surface area contributed by atoms with Crippen molar-refractivity contribution in [3.63, 3.8) is 0 Å². The summed E-state index contributed by atoms with van der Waals surface area (Å²) < 4.78 is 4.93. The standard InChI is InChI=1S/C12H20N4O3/c1-4-6-13-9(5-2)7-10-11(16(17)18)12(19-3)15-8-14-10/h8-9,13H,4-7H2,1-3H3. The third kappa shape index (κ3) is 4.13. The molecule has 1 rings (SSSR count). The molecule has 0 aliphatic carbocycles. The lowest BCUT2D eigenvalue weighted by Crippen LogP contribution is -2.31. The van der Waals surface area contributed by atoms with E-state index in [1.807, 2.05) is 6.92 Å². The summed E-state index contributed by atoms with van der Waals surface area (Å²) in [6.07, 6.45) is 3.69. The fourth-order valence-electron chi connectivity index (χ4n) is 1.82. The molecule has 0 radical (unpaired) electrons. The molecule has 19 heavy (non-hydrogen) atoms. The van der Waals surface area contributed by atoms with Crippen LogP contribution in [0.15, 0.2) is 6.33 Å². The van der Waals surface area contributed by atoms with Crippen LogP contribution in [-0.2, 0) is 6.42 Å². The Labute approximate surface area is 112 Å². The summed E-state index contributed by atoms with van der Waals surface area (Å²) >= 11 is 0. The van der Waals surface area contributed by atoms with Gasteiger partial charge in [0.1, 0.15) is 12.0 Å². The summed E-state index contributed by atoms with van der Waals surface area (Å²) in [6, 6.07) is 0.165. The molecule has 7 heteroatoms. The smallest absolute Gasteiger partial charge is 0.352 e. The van der Waals surface area contributed by atoms with Gasteiger partial charge in [0.2, 0.25) is 0 Å². The van der Waals surface area contributed by atoms with E-state index in [1.165, 1.54) is 13.4 Å². The van der Waals surface area contributed by atoms with Gasteiger partial charge in [-0.1, -0.05) is 13.8 Å². The van der Waals surface area contributed by atoms with Crippen LogP contribution < -0.4 is 10.1 Å². The predicted molar refractivity (Wildman–Crippen MR) is 71.3 cm³/mol. The summed E-state index contributed by atoms with van der Waals surface area (Å²) in [5.74, 6) is 0.0142. The Kier molecular flexibility index (Phi) is 6.14. The molecule has 1 aromatic heterocycles. The molecule has 1 aromatic rings. The maximum atomic E-state index is 11.1. The molecule has 0 fully saturated rings. The summed E-state index contributed by atoms with van der Waals surface area (Å²) in [5, 5.41) is 14.5. The van der Waals surface area contributed by atoms with Gasteiger partial charge in [-0.2, -0.15) is 4.98 Å². The van der Waals surface area contributed by atoms with Gasteiger partial charge in [-0.3, -0.25) is 10.1 Å². The predicted octanol–water partition coefficient (Wildman–Crippen LogP) is 1.71. The van der Waals surface area contributed by atoms with Crippen LogP contribution in [0.3, 0.4) is 0 Å². The highest BCUT2D eigenvalue weighted by Crippen LogP contribution is 2.27. The number of nitrogens with zero attached hydrogens (tertiary/aromatic N) is 3. The molecule has 106 valence electrons. The number of hydrogen-bond donors (Lipinski definition) is 1. The molecular weight excluding hydrogens is 248 g/mol. The number of nitro groups is 1. The zero-order valence-electron chi connectivity index (χ0n) is 11.5. The molecule has 0 spiro atoms. The first kappa shape index (κ1) is 15.3. The number of nitrogens with one attached hydrogen (secondary N) is 1. The molecule has 7 nitrogen and oxygen atoms in total. The molecule has 1 N–H and O–H groups in total. The lowest BCUT2D eigenvalue weighted by molar-refractivity contribution is -0.387. The van der Waals surface area contributed by atoms with Crippen molar-refractivity contribution in [1.29, 1.82) is 0 Å². The van der Waals surface area contributed by atoms with E-state index in [9.17, 15) is 10.1 Å². The van der Waals surface area contributed by atoms with E-state index in [0.717, 1.165) is 19.4 Å². The van der Waals surface area contributed by atoms with Gasteiger partial charge in [-0.25, -0.2) is 4.98 Å².